The summed E-state index contributed by atoms with van der Waals surface area (Å²) in [7, 11) is 0. The van der Waals surface area contributed by atoms with Crippen LogP contribution in [0.25, 0.3) is 15.9 Å². The number of aryl methyl sites for hydroxylation is 3. The van der Waals surface area contributed by atoms with Gasteiger partial charge < -0.3 is 0 Å². The number of thioether (sulfide) groups is 1. The first-order valence-corrected chi connectivity index (χ1v) is 13.0. The maximum atomic E-state index is 13.5. The van der Waals surface area contributed by atoms with Gasteiger partial charge in [-0.1, -0.05) is 37.6 Å². The predicted molar refractivity (Wildman–Crippen MR) is 131 cm³/mol. The molecule has 0 radical (unpaired) electrons. The number of unbranched alkanes of at least 4 members (excludes halogenated alkanes) is 2. The van der Waals surface area contributed by atoms with E-state index in [0.717, 1.165) is 59.5 Å². The van der Waals surface area contributed by atoms with Crippen molar-refractivity contribution in [3.05, 3.63) is 66.8 Å². The van der Waals surface area contributed by atoms with E-state index in [2.05, 4.69) is 11.9 Å². The van der Waals surface area contributed by atoms with Gasteiger partial charge in [0.25, 0.3) is 11.1 Å². The molecular weight excluding hydrogens is 440 g/mol. The molecule has 4 aromatic heterocycles. The smallest absolute Gasteiger partial charge is 0.263 e. The van der Waals surface area contributed by atoms with Crippen molar-refractivity contribution in [2.45, 2.75) is 69.8 Å². The Hall–Kier alpha value is -2.45. The van der Waals surface area contributed by atoms with Gasteiger partial charge in [0.2, 0.25) is 0 Å². The molecule has 32 heavy (non-hydrogen) atoms. The molecule has 4 heterocycles. The van der Waals surface area contributed by atoms with Gasteiger partial charge in [0.05, 0.1) is 11.1 Å². The molecule has 0 fully saturated rings. The Morgan fingerprint density at radius 3 is 2.88 bits per heavy atom. The molecular formula is C24H26N4O2S2. The highest BCUT2D eigenvalue weighted by atomic mass is 32.2. The third-order valence-electron chi connectivity index (χ3n) is 5.98. The second kappa shape index (κ2) is 8.83. The Bertz CT molecular complexity index is 1430. The number of hydrogen-bond donors (Lipinski definition) is 0. The van der Waals surface area contributed by atoms with Gasteiger partial charge in [0, 0.05) is 29.4 Å². The highest BCUT2D eigenvalue weighted by Crippen LogP contribution is 2.36. The highest BCUT2D eigenvalue weighted by Gasteiger charge is 2.23. The van der Waals surface area contributed by atoms with Crippen molar-refractivity contribution in [1.82, 2.24) is 18.9 Å². The van der Waals surface area contributed by atoms with Crippen LogP contribution in [-0.4, -0.2) is 18.9 Å². The predicted octanol–water partition coefficient (Wildman–Crippen LogP) is 4.75. The second-order valence-electron chi connectivity index (χ2n) is 8.40. The summed E-state index contributed by atoms with van der Waals surface area (Å²) in [6.45, 7) is 4.79. The van der Waals surface area contributed by atoms with Crippen molar-refractivity contribution < 1.29 is 0 Å². The number of fused-ring (bicyclic) bond motifs is 4. The van der Waals surface area contributed by atoms with Crippen LogP contribution in [0.1, 0.15) is 54.3 Å². The summed E-state index contributed by atoms with van der Waals surface area (Å²) in [4.78, 5) is 37.8. The molecule has 0 unspecified atom stereocenters. The molecule has 0 atom stereocenters. The number of rotatable bonds is 7. The maximum absolute atomic E-state index is 13.5. The highest BCUT2D eigenvalue weighted by molar-refractivity contribution is 7.98. The van der Waals surface area contributed by atoms with Gasteiger partial charge in [-0.05, 0) is 49.8 Å². The molecule has 0 bridgehead atoms. The molecule has 4 aromatic rings. The summed E-state index contributed by atoms with van der Waals surface area (Å²) in [5.41, 5.74) is 3.58. The minimum Gasteiger partial charge on any atom is -0.287 e. The zero-order chi connectivity index (χ0) is 22.2. The summed E-state index contributed by atoms with van der Waals surface area (Å²) in [6, 6.07) is 5.40. The number of hydrogen-bond acceptors (Lipinski definition) is 6. The number of thiophene rings is 1. The fraction of sp³-hybridized carbons (Fsp3) is 0.417. The van der Waals surface area contributed by atoms with Crippen molar-refractivity contribution in [2.75, 3.05) is 0 Å². The van der Waals surface area contributed by atoms with E-state index in [4.69, 9.17) is 4.98 Å². The third-order valence-corrected chi connectivity index (χ3v) is 8.18. The molecule has 0 saturated carbocycles. The van der Waals surface area contributed by atoms with Crippen molar-refractivity contribution >= 4 is 39.0 Å². The van der Waals surface area contributed by atoms with E-state index in [1.807, 2.05) is 23.6 Å². The standard InChI is InChI=1S/C24H26N4O2S2/c1-3-4-5-11-27-23(30)21-17-7-6-8-18(17)32-22(21)26-24(27)31-14-16-12-20(29)28-13-15(2)9-10-19(28)25-16/h9-10,12-13H,3-8,11,14H2,1-2H3. The van der Waals surface area contributed by atoms with Crippen LogP contribution in [0.4, 0.5) is 0 Å². The van der Waals surface area contributed by atoms with Gasteiger partial charge in [0.1, 0.15) is 10.5 Å². The first-order chi connectivity index (χ1) is 15.5. The largest absolute Gasteiger partial charge is 0.287 e. The summed E-state index contributed by atoms with van der Waals surface area (Å²) in [5, 5.41) is 1.56. The lowest BCUT2D eigenvalue weighted by atomic mass is 10.2. The molecule has 0 spiro atoms. The topological polar surface area (TPSA) is 69.3 Å². The van der Waals surface area contributed by atoms with Crippen LogP contribution in [0.15, 0.2) is 39.1 Å². The van der Waals surface area contributed by atoms with Gasteiger partial charge in [0.15, 0.2) is 5.16 Å². The van der Waals surface area contributed by atoms with Crippen LogP contribution in [0.2, 0.25) is 0 Å². The average Bonchev–Trinajstić information content (AvgIpc) is 3.35. The molecule has 0 aromatic carbocycles. The zero-order valence-electron chi connectivity index (χ0n) is 18.4. The summed E-state index contributed by atoms with van der Waals surface area (Å²) < 4.78 is 3.42. The van der Waals surface area contributed by atoms with Crippen molar-refractivity contribution in [1.29, 1.82) is 0 Å². The molecule has 0 amide bonds. The Morgan fingerprint density at radius 1 is 1.16 bits per heavy atom. The van der Waals surface area contributed by atoms with Crippen LogP contribution in [0.5, 0.6) is 0 Å². The normalized spacial score (nSPS) is 13.3. The summed E-state index contributed by atoms with van der Waals surface area (Å²) in [5.74, 6) is 0.496. The monoisotopic (exact) mass is 466 g/mol. The van der Waals surface area contributed by atoms with Gasteiger partial charge in [-0.3, -0.25) is 18.6 Å². The van der Waals surface area contributed by atoms with E-state index in [9.17, 15) is 9.59 Å². The Kier molecular flexibility index (Phi) is 5.90. The van der Waals surface area contributed by atoms with Crippen LogP contribution in [0.3, 0.4) is 0 Å². The maximum Gasteiger partial charge on any atom is 0.263 e. The number of pyridine rings is 1. The van der Waals surface area contributed by atoms with Gasteiger partial charge >= 0.3 is 0 Å². The molecule has 0 saturated heterocycles. The Morgan fingerprint density at radius 2 is 2.03 bits per heavy atom. The van der Waals surface area contributed by atoms with E-state index < -0.39 is 0 Å². The zero-order valence-corrected chi connectivity index (χ0v) is 20.0. The Labute approximate surface area is 194 Å². The van der Waals surface area contributed by atoms with E-state index in [1.54, 1.807) is 28.0 Å². The minimum absolute atomic E-state index is 0.0901. The number of nitrogens with zero attached hydrogens (tertiary/aromatic N) is 4. The van der Waals surface area contributed by atoms with Crippen LogP contribution >= 0.6 is 23.1 Å². The van der Waals surface area contributed by atoms with Gasteiger partial charge in [-0.15, -0.1) is 11.3 Å². The van der Waals surface area contributed by atoms with E-state index >= 15 is 0 Å². The molecule has 5 rings (SSSR count). The fourth-order valence-corrected chi connectivity index (χ4v) is 6.58. The lowest BCUT2D eigenvalue weighted by Crippen LogP contribution is -2.23. The van der Waals surface area contributed by atoms with Crippen molar-refractivity contribution in [2.24, 2.45) is 0 Å². The number of aromatic nitrogens is 4. The Balaban J connectivity index is 1.51. The SMILES string of the molecule is CCCCCn1c(SCc2cc(=O)n3cc(C)ccc3n2)nc2sc3c(c2c1=O)CCC3. The molecule has 0 N–H and O–H groups in total. The van der Waals surface area contributed by atoms with Crippen LogP contribution in [0, 0.1) is 6.92 Å². The summed E-state index contributed by atoms with van der Waals surface area (Å²) in [6.07, 6.45) is 8.11. The molecule has 1 aliphatic rings. The van der Waals surface area contributed by atoms with Gasteiger partial charge in [-0.2, -0.15) is 0 Å². The molecule has 166 valence electrons. The first kappa shape index (κ1) is 21.4. The summed E-state index contributed by atoms with van der Waals surface area (Å²) >= 11 is 3.17. The minimum atomic E-state index is -0.0901. The van der Waals surface area contributed by atoms with Crippen molar-refractivity contribution in [3.63, 3.8) is 0 Å². The molecule has 1 aliphatic carbocycles. The van der Waals surface area contributed by atoms with E-state index in [-0.39, 0.29) is 11.1 Å². The van der Waals surface area contributed by atoms with E-state index in [0.29, 0.717) is 23.6 Å². The van der Waals surface area contributed by atoms with Crippen molar-refractivity contribution in [3.8, 4) is 0 Å². The first-order valence-electron chi connectivity index (χ1n) is 11.2. The molecule has 0 aliphatic heterocycles. The quantitative estimate of drug-likeness (QED) is 0.223. The lowest BCUT2D eigenvalue weighted by Gasteiger charge is -2.12. The second-order valence-corrected chi connectivity index (χ2v) is 10.4. The van der Waals surface area contributed by atoms with E-state index in [1.165, 1.54) is 22.2 Å². The lowest BCUT2D eigenvalue weighted by molar-refractivity contribution is 0.542. The third kappa shape index (κ3) is 3.90. The van der Waals surface area contributed by atoms with Crippen LogP contribution < -0.4 is 11.1 Å². The molecule has 8 heteroatoms. The van der Waals surface area contributed by atoms with Crippen LogP contribution in [-0.2, 0) is 25.1 Å². The fourth-order valence-electron chi connectivity index (χ4n) is 4.36. The van der Waals surface area contributed by atoms with Gasteiger partial charge in [-0.25, -0.2) is 9.97 Å². The average molecular weight is 467 g/mol. The molecule has 6 nitrogen and oxygen atoms in total.